The summed E-state index contributed by atoms with van der Waals surface area (Å²) in [6.07, 6.45) is -3.70. The molecule has 1 aromatic rings. The van der Waals surface area contributed by atoms with Crippen molar-refractivity contribution in [1.29, 1.82) is 0 Å². The normalized spacial score (nSPS) is 12.8. The van der Waals surface area contributed by atoms with Gasteiger partial charge in [0.05, 0.1) is 6.54 Å². The molecule has 2 N–H and O–H groups in total. The molecule has 5 nitrogen and oxygen atoms in total. The Bertz CT molecular complexity index is 538. The minimum atomic E-state index is -4.60. The maximum absolute atomic E-state index is 12.1. The molecule has 1 rings (SSSR count). The predicted octanol–water partition coefficient (Wildman–Crippen LogP) is 1.93. The van der Waals surface area contributed by atoms with Gasteiger partial charge in [0.1, 0.15) is 23.0 Å². The average Bonchev–Trinajstić information content (AvgIpc) is 2.69. The topological polar surface area (TPSA) is 71.3 Å². The maximum Gasteiger partial charge on any atom is 0.402 e. The fraction of sp³-hybridized carbons (Fsp3) is 0.636. The van der Waals surface area contributed by atoms with Crippen molar-refractivity contribution in [2.45, 2.75) is 37.9 Å². The smallest absolute Gasteiger partial charge is 0.402 e. The van der Waals surface area contributed by atoms with Crippen LogP contribution in [0.4, 0.5) is 13.2 Å². The molecule has 116 valence electrons. The molecule has 0 saturated carbocycles. The first kappa shape index (κ1) is 17.0. The lowest BCUT2D eigenvalue weighted by Gasteiger charge is -2.08. The van der Waals surface area contributed by atoms with Crippen LogP contribution in [-0.2, 0) is 16.6 Å². The highest BCUT2D eigenvalue weighted by Gasteiger charge is 2.31. The molecular formula is C11H17F3N2O3S. The molecule has 0 radical (unpaired) electrons. The monoisotopic (exact) mass is 314 g/mol. The van der Waals surface area contributed by atoms with Crippen molar-refractivity contribution in [2.24, 2.45) is 0 Å². The van der Waals surface area contributed by atoms with E-state index in [-0.39, 0.29) is 10.7 Å². The van der Waals surface area contributed by atoms with E-state index in [4.69, 9.17) is 4.42 Å². The summed E-state index contributed by atoms with van der Waals surface area (Å²) in [5.41, 5.74) is 0. The van der Waals surface area contributed by atoms with Gasteiger partial charge in [-0.15, -0.1) is 0 Å². The Morgan fingerprint density at radius 2 is 2.00 bits per heavy atom. The van der Waals surface area contributed by atoms with E-state index < -0.39 is 22.7 Å². The van der Waals surface area contributed by atoms with Gasteiger partial charge in [-0.3, -0.25) is 0 Å². The van der Waals surface area contributed by atoms with Crippen LogP contribution in [0.5, 0.6) is 0 Å². The standard InChI is InChI=1S/C11H17F3N2O3S/c1-3-4-15-6-9-5-10(8(2)19-9)20(17,18)16-7-11(12,13)14/h5,15-16H,3-4,6-7H2,1-2H3. The van der Waals surface area contributed by atoms with E-state index in [1.165, 1.54) is 17.7 Å². The first-order chi connectivity index (χ1) is 9.15. The summed E-state index contributed by atoms with van der Waals surface area (Å²) in [7, 11) is -4.23. The van der Waals surface area contributed by atoms with Gasteiger partial charge < -0.3 is 9.73 Å². The molecule has 0 bridgehead atoms. The highest BCUT2D eigenvalue weighted by molar-refractivity contribution is 7.89. The number of hydrogen-bond donors (Lipinski definition) is 2. The summed E-state index contributed by atoms with van der Waals surface area (Å²) in [5.74, 6) is 0.427. The van der Waals surface area contributed by atoms with E-state index in [0.717, 1.165) is 13.0 Å². The van der Waals surface area contributed by atoms with E-state index in [0.29, 0.717) is 12.3 Å². The lowest BCUT2D eigenvalue weighted by atomic mass is 10.4. The van der Waals surface area contributed by atoms with Crippen molar-refractivity contribution in [2.75, 3.05) is 13.1 Å². The van der Waals surface area contributed by atoms with Crippen LogP contribution in [0.25, 0.3) is 0 Å². The van der Waals surface area contributed by atoms with Crippen molar-refractivity contribution >= 4 is 10.0 Å². The summed E-state index contributed by atoms with van der Waals surface area (Å²) in [4.78, 5) is -0.268. The molecule has 0 saturated heterocycles. The largest absolute Gasteiger partial charge is 0.464 e. The number of furan rings is 1. The third-order valence-corrected chi connectivity index (χ3v) is 3.91. The van der Waals surface area contributed by atoms with Crippen molar-refractivity contribution < 1.29 is 26.0 Å². The van der Waals surface area contributed by atoms with Crippen LogP contribution in [0.1, 0.15) is 24.9 Å². The molecule has 0 unspecified atom stereocenters. The fourth-order valence-electron chi connectivity index (χ4n) is 1.52. The van der Waals surface area contributed by atoms with Crippen LogP contribution in [0.2, 0.25) is 0 Å². The molecule has 20 heavy (non-hydrogen) atoms. The van der Waals surface area contributed by atoms with Gasteiger partial charge in [0.15, 0.2) is 0 Å². The molecule has 0 aliphatic heterocycles. The van der Waals surface area contributed by atoms with Gasteiger partial charge in [-0.25, -0.2) is 13.1 Å². The van der Waals surface area contributed by atoms with E-state index >= 15 is 0 Å². The second-order valence-corrected chi connectivity index (χ2v) is 5.99. The van der Waals surface area contributed by atoms with E-state index in [2.05, 4.69) is 5.32 Å². The van der Waals surface area contributed by atoms with Crippen molar-refractivity contribution in [3.8, 4) is 0 Å². The Balaban J connectivity index is 2.79. The Morgan fingerprint density at radius 3 is 2.55 bits per heavy atom. The number of nitrogens with one attached hydrogen (secondary N) is 2. The lowest BCUT2D eigenvalue weighted by molar-refractivity contribution is -0.121. The molecule has 0 aliphatic carbocycles. The fourth-order valence-corrected chi connectivity index (χ4v) is 2.74. The molecule has 0 aromatic carbocycles. The number of alkyl halides is 3. The quantitative estimate of drug-likeness (QED) is 0.754. The van der Waals surface area contributed by atoms with Crippen molar-refractivity contribution in [1.82, 2.24) is 10.0 Å². The van der Waals surface area contributed by atoms with E-state index in [9.17, 15) is 21.6 Å². The van der Waals surface area contributed by atoms with Gasteiger partial charge in [0, 0.05) is 6.07 Å². The number of halogens is 3. The van der Waals surface area contributed by atoms with Crippen molar-refractivity contribution in [3.63, 3.8) is 0 Å². The summed E-state index contributed by atoms with van der Waals surface area (Å²) < 4.78 is 66.4. The van der Waals surface area contributed by atoms with Gasteiger partial charge >= 0.3 is 6.18 Å². The van der Waals surface area contributed by atoms with Gasteiger partial charge in [-0.05, 0) is 19.9 Å². The zero-order valence-electron chi connectivity index (χ0n) is 11.2. The Kier molecular flexibility index (Phi) is 5.60. The molecule has 0 fully saturated rings. The van der Waals surface area contributed by atoms with Gasteiger partial charge in [0.25, 0.3) is 0 Å². The number of rotatable bonds is 7. The predicted molar refractivity (Wildman–Crippen MR) is 66.7 cm³/mol. The van der Waals surface area contributed by atoms with Crippen LogP contribution in [0.3, 0.4) is 0 Å². The molecule has 1 heterocycles. The van der Waals surface area contributed by atoms with E-state index in [1.807, 2.05) is 6.92 Å². The van der Waals surface area contributed by atoms with Crippen LogP contribution >= 0.6 is 0 Å². The summed E-state index contributed by atoms with van der Waals surface area (Å²) in [5, 5.41) is 3.01. The number of aryl methyl sites for hydroxylation is 1. The molecule has 9 heteroatoms. The zero-order valence-corrected chi connectivity index (χ0v) is 12.0. The summed E-state index contributed by atoms with van der Waals surface area (Å²) in [6, 6.07) is 1.23. The average molecular weight is 314 g/mol. The molecule has 0 amide bonds. The number of hydrogen-bond acceptors (Lipinski definition) is 4. The third-order valence-electron chi connectivity index (χ3n) is 2.40. The third kappa shape index (κ3) is 5.14. The van der Waals surface area contributed by atoms with Gasteiger partial charge in [-0.1, -0.05) is 6.92 Å². The second kappa shape index (κ2) is 6.59. The Morgan fingerprint density at radius 1 is 1.35 bits per heavy atom. The van der Waals surface area contributed by atoms with Crippen LogP contribution in [0.15, 0.2) is 15.4 Å². The van der Waals surface area contributed by atoms with Crippen LogP contribution in [-0.4, -0.2) is 27.7 Å². The molecule has 0 aliphatic rings. The van der Waals surface area contributed by atoms with Gasteiger partial charge in [-0.2, -0.15) is 13.2 Å². The molecule has 1 aromatic heterocycles. The molecular weight excluding hydrogens is 297 g/mol. The van der Waals surface area contributed by atoms with Crippen molar-refractivity contribution in [3.05, 3.63) is 17.6 Å². The summed E-state index contributed by atoms with van der Waals surface area (Å²) in [6.45, 7) is 2.81. The van der Waals surface area contributed by atoms with Gasteiger partial charge in [0.2, 0.25) is 10.0 Å². The first-order valence-electron chi connectivity index (χ1n) is 6.02. The highest BCUT2D eigenvalue weighted by atomic mass is 32.2. The zero-order chi connectivity index (χ0) is 15.4. The first-order valence-corrected chi connectivity index (χ1v) is 7.50. The maximum atomic E-state index is 12.1. The Labute approximate surface area is 115 Å². The highest BCUT2D eigenvalue weighted by Crippen LogP contribution is 2.21. The Hall–Kier alpha value is -1.06. The second-order valence-electron chi connectivity index (χ2n) is 4.25. The SMILES string of the molecule is CCCNCc1cc(S(=O)(=O)NCC(F)(F)F)c(C)o1. The van der Waals surface area contributed by atoms with Crippen LogP contribution < -0.4 is 10.0 Å². The lowest BCUT2D eigenvalue weighted by Crippen LogP contribution is -2.33. The van der Waals surface area contributed by atoms with E-state index in [1.54, 1.807) is 0 Å². The molecule has 0 atom stereocenters. The molecule has 0 spiro atoms. The minimum absolute atomic E-state index is 0.0629. The minimum Gasteiger partial charge on any atom is -0.464 e. The number of sulfonamides is 1. The summed E-state index contributed by atoms with van der Waals surface area (Å²) >= 11 is 0. The van der Waals surface area contributed by atoms with Crippen LogP contribution in [0, 0.1) is 6.92 Å².